The highest BCUT2D eigenvalue weighted by molar-refractivity contribution is 5.01. The van der Waals surface area contributed by atoms with Crippen LogP contribution in [0.15, 0.2) is 0 Å². The first-order valence-corrected chi connectivity index (χ1v) is 4.91. The molecule has 3 saturated heterocycles. The van der Waals surface area contributed by atoms with E-state index < -0.39 is 0 Å². The van der Waals surface area contributed by atoms with Crippen molar-refractivity contribution >= 4 is 0 Å². The highest BCUT2D eigenvalue weighted by Gasteiger charge is 2.44. The molecule has 3 atom stereocenters. The minimum atomic E-state index is 0.919. The second kappa shape index (κ2) is 2.20. The van der Waals surface area contributed by atoms with Crippen molar-refractivity contribution < 1.29 is 0 Å². The monoisotopic (exact) mass is 152 g/mol. The van der Waals surface area contributed by atoms with Gasteiger partial charge in [-0.3, -0.25) is 4.90 Å². The normalized spacial score (nSPS) is 49.6. The average molecular weight is 152 g/mol. The first-order valence-electron chi connectivity index (χ1n) is 4.91. The summed E-state index contributed by atoms with van der Waals surface area (Å²) in [4.78, 5) is 2.75. The van der Waals surface area contributed by atoms with Gasteiger partial charge in [0.1, 0.15) is 0 Å². The highest BCUT2D eigenvalue weighted by Crippen LogP contribution is 2.37. The van der Waals surface area contributed by atoms with Crippen LogP contribution < -0.4 is 5.32 Å². The van der Waals surface area contributed by atoms with Crippen LogP contribution in [0.5, 0.6) is 0 Å². The van der Waals surface area contributed by atoms with Crippen molar-refractivity contribution in [1.82, 2.24) is 10.2 Å². The van der Waals surface area contributed by atoms with E-state index in [1.165, 1.54) is 38.9 Å². The fraction of sp³-hybridized carbons (Fsp3) is 1.00. The highest BCUT2D eigenvalue weighted by atomic mass is 15.3. The maximum absolute atomic E-state index is 3.50. The van der Waals surface area contributed by atoms with Crippen molar-refractivity contribution in [3.63, 3.8) is 0 Å². The van der Waals surface area contributed by atoms with Crippen LogP contribution in [0.3, 0.4) is 0 Å². The number of fused-ring (bicyclic) bond motifs is 3. The van der Waals surface area contributed by atoms with Crippen LogP contribution in [-0.2, 0) is 0 Å². The Morgan fingerprint density at radius 3 is 3.27 bits per heavy atom. The summed E-state index contributed by atoms with van der Waals surface area (Å²) >= 11 is 0. The van der Waals surface area contributed by atoms with E-state index in [1.54, 1.807) is 0 Å². The van der Waals surface area contributed by atoms with Crippen LogP contribution in [0.2, 0.25) is 0 Å². The minimum Gasteiger partial charge on any atom is -0.315 e. The molecule has 0 amide bonds. The molecule has 0 aromatic rings. The van der Waals surface area contributed by atoms with Gasteiger partial charge in [-0.2, -0.15) is 0 Å². The molecular weight excluding hydrogens is 136 g/mol. The number of rotatable bonds is 0. The number of nitrogens with zero attached hydrogens (tertiary/aromatic N) is 1. The lowest BCUT2D eigenvalue weighted by molar-refractivity contribution is 0.246. The molecule has 0 aliphatic carbocycles. The third kappa shape index (κ3) is 0.798. The predicted octanol–water partition coefficient (Wildman–Crippen LogP) is 0.442. The van der Waals surface area contributed by atoms with Crippen LogP contribution >= 0.6 is 0 Å². The third-order valence-corrected chi connectivity index (χ3v) is 3.73. The molecule has 0 saturated carbocycles. The summed E-state index contributed by atoms with van der Waals surface area (Å²) in [6.07, 6.45) is 4.42. The molecule has 3 heterocycles. The quantitative estimate of drug-likeness (QED) is 0.542. The van der Waals surface area contributed by atoms with Crippen molar-refractivity contribution in [3.05, 3.63) is 0 Å². The zero-order valence-electron chi connectivity index (χ0n) is 6.92. The standard InChI is InChI=1S/C9H16N2/c1-2-8-4-7-5-10-6-9(7)11(8)3-1/h7-10H,1-6H2/t7-,8-,9+/m1/s1. The Bertz CT molecular complexity index is 151. The molecule has 11 heavy (non-hydrogen) atoms. The molecule has 3 rings (SSSR count). The lowest BCUT2D eigenvalue weighted by Crippen LogP contribution is -2.35. The molecule has 1 N–H and O–H groups in total. The van der Waals surface area contributed by atoms with E-state index in [0.29, 0.717) is 0 Å². The number of nitrogens with one attached hydrogen (secondary N) is 1. The molecule has 3 aliphatic heterocycles. The zero-order chi connectivity index (χ0) is 7.26. The molecule has 2 nitrogen and oxygen atoms in total. The van der Waals surface area contributed by atoms with Gasteiger partial charge in [0.15, 0.2) is 0 Å². The Labute approximate surface area is 68.0 Å². The van der Waals surface area contributed by atoms with Crippen molar-refractivity contribution in [1.29, 1.82) is 0 Å². The van der Waals surface area contributed by atoms with E-state index in [4.69, 9.17) is 0 Å². The van der Waals surface area contributed by atoms with E-state index in [9.17, 15) is 0 Å². The van der Waals surface area contributed by atoms with Crippen molar-refractivity contribution in [2.75, 3.05) is 19.6 Å². The topological polar surface area (TPSA) is 15.3 Å². The van der Waals surface area contributed by atoms with Crippen LogP contribution in [0, 0.1) is 5.92 Å². The second-order valence-corrected chi connectivity index (χ2v) is 4.26. The molecule has 0 aromatic carbocycles. The Kier molecular flexibility index (Phi) is 1.29. The summed E-state index contributed by atoms with van der Waals surface area (Å²) in [5.41, 5.74) is 0. The van der Waals surface area contributed by atoms with Gasteiger partial charge in [0.25, 0.3) is 0 Å². The van der Waals surface area contributed by atoms with Gasteiger partial charge in [-0.1, -0.05) is 0 Å². The molecule has 0 radical (unpaired) electrons. The maximum atomic E-state index is 3.50. The van der Waals surface area contributed by atoms with Gasteiger partial charge in [0, 0.05) is 18.6 Å². The Hall–Kier alpha value is -0.0800. The lowest BCUT2D eigenvalue weighted by Gasteiger charge is -2.21. The van der Waals surface area contributed by atoms with Crippen molar-refractivity contribution in [3.8, 4) is 0 Å². The Morgan fingerprint density at radius 2 is 2.27 bits per heavy atom. The first kappa shape index (κ1) is 6.44. The number of hydrogen-bond donors (Lipinski definition) is 1. The summed E-state index contributed by atoms with van der Waals surface area (Å²) in [6.45, 7) is 3.94. The van der Waals surface area contributed by atoms with Crippen LogP contribution in [0.4, 0.5) is 0 Å². The molecule has 3 aliphatic rings. The number of hydrogen-bond acceptors (Lipinski definition) is 2. The van der Waals surface area contributed by atoms with Gasteiger partial charge in [0.2, 0.25) is 0 Å². The fourth-order valence-corrected chi connectivity index (χ4v) is 3.24. The first-order chi connectivity index (χ1) is 5.45. The molecule has 0 bridgehead atoms. The van der Waals surface area contributed by atoms with Gasteiger partial charge in [-0.05, 0) is 38.3 Å². The van der Waals surface area contributed by atoms with Gasteiger partial charge in [-0.25, -0.2) is 0 Å². The minimum absolute atomic E-state index is 0.919. The fourth-order valence-electron chi connectivity index (χ4n) is 3.24. The second-order valence-electron chi connectivity index (χ2n) is 4.26. The maximum Gasteiger partial charge on any atom is 0.0264 e. The zero-order valence-corrected chi connectivity index (χ0v) is 6.92. The van der Waals surface area contributed by atoms with Gasteiger partial charge in [-0.15, -0.1) is 0 Å². The third-order valence-electron chi connectivity index (χ3n) is 3.73. The molecule has 3 fully saturated rings. The lowest BCUT2D eigenvalue weighted by atomic mass is 10.0. The van der Waals surface area contributed by atoms with Crippen LogP contribution in [0.25, 0.3) is 0 Å². The van der Waals surface area contributed by atoms with Crippen LogP contribution in [-0.4, -0.2) is 36.6 Å². The molecule has 0 unspecified atom stereocenters. The Morgan fingerprint density at radius 1 is 1.27 bits per heavy atom. The summed E-state index contributed by atoms with van der Waals surface area (Å²) in [7, 11) is 0. The van der Waals surface area contributed by atoms with E-state index in [1.807, 2.05) is 0 Å². The summed E-state index contributed by atoms with van der Waals surface area (Å²) < 4.78 is 0. The van der Waals surface area contributed by atoms with Gasteiger partial charge >= 0.3 is 0 Å². The predicted molar refractivity (Wildman–Crippen MR) is 44.5 cm³/mol. The van der Waals surface area contributed by atoms with Gasteiger partial charge < -0.3 is 5.32 Å². The molecule has 0 spiro atoms. The summed E-state index contributed by atoms with van der Waals surface area (Å²) in [5.74, 6) is 1.00. The molecule has 62 valence electrons. The van der Waals surface area contributed by atoms with Crippen LogP contribution in [0.1, 0.15) is 19.3 Å². The van der Waals surface area contributed by atoms with E-state index in [0.717, 1.165) is 18.0 Å². The molecule has 2 heteroatoms. The van der Waals surface area contributed by atoms with Gasteiger partial charge in [0.05, 0.1) is 0 Å². The largest absolute Gasteiger partial charge is 0.315 e. The van der Waals surface area contributed by atoms with E-state index in [-0.39, 0.29) is 0 Å². The molecule has 0 aromatic heterocycles. The van der Waals surface area contributed by atoms with Crippen molar-refractivity contribution in [2.24, 2.45) is 5.92 Å². The Balaban J connectivity index is 1.84. The van der Waals surface area contributed by atoms with Crippen molar-refractivity contribution in [2.45, 2.75) is 31.3 Å². The smallest absolute Gasteiger partial charge is 0.0264 e. The molecular formula is C9H16N2. The summed E-state index contributed by atoms with van der Waals surface area (Å²) in [5, 5.41) is 3.50. The summed E-state index contributed by atoms with van der Waals surface area (Å²) in [6, 6.07) is 1.90. The van der Waals surface area contributed by atoms with E-state index in [2.05, 4.69) is 10.2 Å². The van der Waals surface area contributed by atoms with E-state index >= 15 is 0 Å². The SMILES string of the molecule is C1C[C@@H]2C[C@@H]3CNC[C@@H]3N2C1. The average Bonchev–Trinajstić information content (AvgIpc) is 2.52.